The summed E-state index contributed by atoms with van der Waals surface area (Å²) in [6.07, 6.45) is 0. The Kier molecular flexibility index (Phi) is 9.77. The molecule has 0 bridgehead atoms. The fraction of sp³-hybridized carbons (Fsp3) is 0.0952. The average Bonchev–Trinajstić information content (AvgIpc) is 3.88. The standard InChI is InChI=1S/C63H48N4O/c1-37-29-39(3)59(40(4)30-37)47-22-26-54-50(35-47)51-36-48(60-41(5)31-38(2)32-42(60)6)23-27-55(51)67(54)56-25-21-45(46-24-28-58-52(33-46)49-19-13-14-20-57(49)68-58)34-53(56)63-65-61(43-15-9-7-10-16-43)64-62(66-63)44-17-11-8-12-18-44/h7-36H,1-6H3. The molecule has 3 aromatic heterocycles. The summed E-state index contributed by atoms with van der Waals surface area (Å²) in [7, 11) is 0. The second-order valence-electron chi connectivity index (χ2n) is 18.4. The molecule has 5 heteroatoms. The van der Waals surface area contributed by atoms with Gasteiger partial charge in [0.05, 0.1) is 16.7 Å². The van der Waals surface area contributed by atoms with Crippen molar-refractivity contribution in [2.45, 2.75) is 41.5 Å². The van der Waals surface area contributed by atoms with Crippen molar-refractivity contribution in [2.75, 3.05) is 0 Å². The Morgan fingerprint density at radius 1 is 0.338 bits per heavy atom. The number of hydrogen-bond donors (Lipinski definition) is 0. The van der Waals surface area contributed by atoms with Gasteiger partial charge in [0, 0.05) is 38.2 Å². The highest BCUT2D eigenvalue weighted by molar-refractivity contribution is 6.12. The van der Waals surface area contributed by atoms with Crippen molar-refractivity contribution >= 4 is 43.7 Å². The summed E-state index contributed by atoms with van der Waals surface area (Å²) in [5, 5.41) is 4.53. The first-order valence-corrected chi connectivity index (χ1v) is 23.3. The summed E-state index contributed by atoms with van der Waals surface area (Å²) < 4.78 is 8.69. The molecule has 0 fully saturated rings. The van der Waals surface area contributed by atoms with E-state index in [1.54, 1.807) is 0 Å². The van der Waals surface area contributed by atoms with Crippen molar-refractivity contribution in [3.05, 3.63) is 215 Å². The molecule has 0 N–H and O–H groups in total. The van der Waals surface area contributed by atoms with Gasteiger partial charge in [0.1, 0.15) is 11.2 Å². The van der Waals surface area contributed by atoms with Crippen LogP contribution in [0, 0.1) is 41.5 Å². The molecular formula is C63H48N4O. The Hall–Kier alpha value is -8.41. The van der Waals surface area contributed by atoms with Crippen LogP contribution in [0.1, 0.15) is 33.4 Å². The molecule has 9 aromatic carbocycles. The van der Waals surface area contributed by atoms with Crippen LogP contribution in [-0.2, 0) is 0 Å². The zero-order valence-corrected chi connectivity index (χ0v) is 39.0. The first-order chi connectivity index (χ1) is 33.1. The Morgan fingerprint density at radius 3 is 1.34 bits per heavy atom. The van der Waals surface area contributed by atoms with Crippen molar-refractivity contribution in [1.82, 2.24) is 19.5 Å². The van der Waals surface area contributed by atoms with Gasteiger partial charge < -0.3 is 8.98 Å². The number of fused-ring (bicyclic) bond motifs is 6. The van der Waals surface area contributed by atoms with Gasteiger partial charge in [-0.1, -0.05) is 139 Å². The molecule has 12 rings (SSSR count). The number of aryl methyl sites for hydroxylation is 6. The molecule has 0 aliphatic carbocycles. The van der Waals surface area contributed by atoms with E-state index >= 15 is 0 Å². The Morgan fingerprint density at radius 2 is 0.779 bits per heavy atom. The molecule has 0 aliphatic heterocycles. The third-order valence-electron chi connectivity index (χ3n) is 13.6. The van der Waals surface area contributed by atoms with E-state index in [2.05, 4.69) is 180 Å². The summed E-state index contributed by atoms with van der Waals surface area (Å²) in [5.41, 5.74) is 22.3. The topological polar surface area (TPSA) is 56.7 Å². The van der Waals surface area contributed by atoms with E-state index in [1.165, 1.54) is 66.4 Å². The van der Waals surface area contributed by atoms with E-state index in [0.29, 0.717) is 17.5 Å². The van der Waals surface area contributed by atoms with Crippen LogP contribution in [0.3, 0.4) is 0 Å². The predicted octanol–water partition coefficient (Wildman–Crippen LogP) is 16.7. The minimum absolute atomic E-state index is 0.587. The monoisotopic (exact) mass is 876 g/mol. The molecule has 0 saturated heterocycles. The number of aromatic nitrogens is 4. The predicted molar refractivity (Wildman–Crippen MR) is 282 cm³/mol. The molecule has 0 atom stereocenters. The van der Waals surface area contributed by atoms with Gasteiger partial charge in [-0.15, -0.1) is 0 Å². The van der Waals surface area contributed by atoms with Crippen LogP contribution >= 0.6 is 0 Å². The van der Waals surface area contributed by atoms with Gasteiger partial charge >= 0.3 is 0 Å². The molecule has 5 nitrogen and oxygen atoms in total. The molecule has 0 unspecified atom stereocenters. The Balaban J connectivity index is 1.16. The van der Waals surface area contributed by atoms with Crippen molar-refractivity contribution in [2.24, 2.45) is 0 Å². The van der Waals surface area contributed by atoms with Gasteiger partial charge in [-0.05, 0) is 152 Å². The lowest BCUT2D eigenvalue weighted by atomic mass is 9.91. The van der Waals surface area contributed by atoms with Crippen LogP contribution in [0.2, 0.25) is 0 Å². The number of hydrogen-bond acceptors (Lipinski definition) is 4. The second-order valence-corrected chi connectivity index (χ2v) is 18.4. The lowest BCUT2D eigenvalue weighted by molar-refractivity contribution is 0.669. The summed E-state index contributed by atoms with van der Waals surface area (Å²) >= 11 is 0. The summed E-state index contributed by atoms with van der Waals surface area (Å²) in [6.45, 7) is 13.3. The van der Waals surface area contributed by atoms with Crippen molar-refractivity contribution < 1.29 is 4.42 Å². The van der Waals surface area contributed by atoms with E-state index < -0.39 is 0 Å². The van der Waals surface area contributed by atoms with Crippen molar-refractivity contribution in [1.29, 1.82) is 0 Å². The van der Waals surface area contributed by atoms with Gasteiger partial charge in [0.2, 0.25) is 0 Å². The molecule has 3 heterocycles. The normalized spacial score (nSPS) is 11.7. The molecule has 68 heavy (non-hydrogen) atoms. The maximum absolute atomic E-state index is 6.28. The highest BCUT2D eigenvalue weighted by Gasteiger charge is 2.23. The smallest absolute Gasteiger partial charge is 0.166 e. The fourth-order valence-corrected chi connectivity index (χ4v) is 10.8. The molecule has 0 saturated carbocycles. The van der Waals surface area contributed by atoms with Gasteiger partial charge in [-0.25, -0.2) is 15.0 Å². The molecule has 0 spiro atoms. The van der Waals surface area contributed by atoms with Crippen molar-refractivity contribution in [3.8, 4) is 73.2 Å². The largest absolute Gasteiger partial charge is 0.456 e. The zero-order chi connectivity index (χ0) is 46.2. The maximum Gasteiger partial charge on any atom is 0.166 e. The second kappa shape index (κ2) is 16.2. The van der Waals surface area contributed by atoms with Crippen LogP contribution in [0.15, 0.2) is 186 Å². The van der Waals surface area contributed by atoms with Gasteiger partial charge in [0.15, 0.2) is 17.5 Å². The minimum Gasteiger partial charge on any atom is -0.456 e. The van der Waals surface area contributed by atoms with Gasteiger partial charge in [-0.3, -0.25) is 0 Å². The van der Waals surface area contributed by atoms with Gasteiger partial charge in [-0.2, -0.15) is 0 Å². The molecule has 326 valence electrons. The first-order valence-electron chi connectivity index (χ1n) is 23.3. The highest BCUT2D eigenvalue weighted by atomic mass is 16.3. The third kappa shape index (κ3) is 6.98. The van der Waals surface area contributed by atoms with Crippen LogP contribution in [0.5, 0.6) is 0 Å². The summed E-state index contributed by atoms with van der Waals surface area (Å²) in [5.74, 6) is 1.81. The minimum atomic E-state index is 0.587. The average molecular weight is 877 g/mol. The van der Waals surface area contributed by atoms with Crippen molar-refractivity contribution in [3.63, 3.8) is 0 Å². The fourth-order valence-electron chi connectivity index (χ4n) is 10.8. The molecule has 0 aliphatic rings. The van der Waals surface area contributed by atoms with Crippen LogP contribution < -0.4 is 0 Å². The van der Waals surface area contributed by atoms with E-state index in [0.717, 1.165) is 66.5 Å². The number of benzene rings is 9. The molecule has 12 aromatic rings. The molecule has 0 amide bonds. The lowest BCUT2D eigenvalue weighted by Crippen LogP contribution is -2.04. The Bertz CT molecular complexity index is 3750. The first kappa shape index (κ1) is 41.1. The van der Waals surface area contributed by atoms with Gasteiger partial charge in [0.25, 0.3) is 0 Å². The van der Waals surface area contributed by atoms with E-state index in [9.17, 15) is 0 Å². The number of rotatable bonds is 7. The molecular weight excluding hydrogens is 829 g/mol. The third-order valence-corrected chi connectivity index (χ3v) is 13.6. The summed E-state index contributed by atoms with van der Waals surface area (Å²) in [6, 6.07) is 65.0. The highest BCUT2D eigenvalue weighted by Crippen LogP contribution is 2.43. The van der Waals surface area contributed by atoms with E-state index in [1.807, 2.05) is 48.5 Å². The molecule has 0 radical (unpaired) electrons. The van der Waals surface area contributed by atoms with E-state index in [4.69, 9.17) is 19.4 Å². The number of furan rings is 1. The van der Waals surface area contributed by atoms with Crippen LogP contribution in [-0.4, -0.2) is 19.5 Å². The SMILES string of the molecule is Cc1cc(C)c(-c2ccc3c(c2)c2cc(-c4c(C)cc(C)cc4C)ccc2n3-c2ccc(-c3ccc4oc5ccccc5c4c3)cc2-c2nc(-c3ccccc3)nc(-c3ccccc3)n2)c(C)c1. The number of nitrogens with zero attached hydrogens (tertiary/aromatic N) is 4. The van der Waals surface area contributed by atoms with E-state index in [-0.39, 0.29) is 0 Å². The maximum atomic E-state index is 6.28. The van der Waals surface area contributed by atoms with Crippen LogP contribution in [0.25, 0.3) is 117 Å². The van der Waals surface area contributed by atoms with Crippen LogP contribution in [0.4, 0.5) is 0 Å². The lowest BCUT2D eigenvalue weighted by Gasteiger charge is -2.17. The zero-order valence-electron chi connectivity index (χ0n) is 39.0. The quantitative estimate of drug-likeness (QED) is 0.160. The Labute approximate surface area is 396 Å². The summed E-state index contributed by atoms with van der Waals surface area (Å²) in [4.78, 5) is 15.8. The number of para-hydroxylation sites is 1.